The highest BCUT2D eigenvalue weighted by atomic mass is 16.5. The van der Waals surface area contributed by atoms with Crippen LogP contribution in [0.25, 0.3) is 0 Å². The Labute approximate surface area is 106 Å². The quantitative estimate of drug-likeness (QED) is 0.760. The second-order valence-electron chi connectivity index (χ2n) is 7.04. The van der Waals surface area contributed by atoms with E-state index in [0.29, 0.717) is 5.41 Å². The van der Waals surface area contributed by atoms with Crippen molar-refractivity contribution in [2.45, 2.75) is 77.4 Å². The molecule has 1 aliphatic heterocycles. The van der Waals surface area contributed by atoms with Gasteiger partial charge in [0.25, 0.3) is 0 Å². The molecule has 0 amide bonds. The average Bonchev–Trinajstić information content (AvgIpc) is 2.34. The van der Waals surface area contributed by atoms with Gasteiger partial charge in [0.2, 0.25) is 0 Å². The summed E-state index contributed by atoms with van der Waals surface area (Å²) < 4.78 is 6.13. The topological polar surface area (TPSA) is 29.5 Å². The van der Waals surface area contributed by atoms with E-state index in [1.165, 1.54) is 19.3 Å². The van der Waals surface area contributed by atoms with Crippen molar-refractivity contribution in [3.8, 4) is 0 Å². The number of aliphatic hydroxyl groups excluding tert-OH is 1. The molecule has 1 heterocycles. The van der Waals surface area contributed by atoms with E-state index in [2.05, 4.69) is 20.8 Å². The zero-order valence-corrected chi connectivity index (χ0v) is 11.7. The molecule has 2 fully saturated rings. The maximum Gasteiger partial charge on any atom is 0.0712 e. The largest absolute Gasteiger partial charge is 0.393 e. The van der Waals surface area contributed by atoms with Crippen LogP contribution in [-0.2, 0) is 4.74 Å². The van der Waals surface area contributed by atoms with Crippen molar-refractivity contribution >= 4 is 0 Å². The molecular formula is C15H28O2. The lowest BCUT2D eigenvalue weighted by Gasteiger charge is -2.42. The highest BCUT2D eigenvalue weighted by molar-refractivity contribution is 4.95. The van der Waals surface area contributed by atoms with Gasteiger partial charge >= 0.3 is 0 Å². The van der Waals surface area contributed by atoms with Gasteiger partial charge in [-0.2, -0.15) is 0 Å². The van der Waals surface area contributed by atoms with Crippen LogP contribution in [-0.4, -0.2) is 23.4 Å². The van der Waals surface area contributed by atoms with Gasteiger partial charge in [-0.25, -0.2) is 0 Å². The molecule has 0 aromatic heterocycles. The van der Waals surface area contributed by atoms with Crippen LogP contribution in [0.3, 0.4) is 0 Å². The first kappa shape index (κ1) is 13.4. The van der Waals surface area contributed by atoms with E-state index < -0.39 is 0 Å². The van der Waals surface area contributed by atoms with Crippen LogP contribution in [0.15, 0.2) is 0 Å². The fraction of sp³-hybridized carbons (Fsp3) is 1.00. The second kappa shape index (κ2) is 4.89. The lowest BCUT2D eigenvalue weighted by molar-refractivity contribution is -0.136. The maximum absolute atomic E-state index is 9.93. The van der Waals surface area contributed by atoms with Crippen molar-refractivity contribution in [3.05, 3.63) is 0 Å². The molecule has 0 radical (unpaired) electrons. The van der Waals surface area contributed by atoms with Gasteiger partial charge in [0.15, 0.2) is 0 Å². The van der Waals surface area contributed by atoms with Gasteiger partial charge in [0.05, 0.1) is 11.7 Å². The van der Waals surface area contributed by atoms with Gasteiger partial charge in [-0.3, -0.25) is 0 Å². The molecule has 0 bridgehead atoms. The lowest BCUT2D eigenvalue weighted by atomic mass is 9.75. The summed E-state index contributed by atoms with van der Waals surface area (Å²) in [6.07, 6.45) is 7.66. The Kier molecular flexibility index (Phi) is 3.84. The van der Waals surface area contributed by atoms with E-state index in [1.54, 1.807) is 0 Å². The van der Waals surface area contributed by atoms with Crippen molar-refractivity contribution in [3.63, 3.8) is 0 Å². The molecule has 1 N–H and O–H groups in total. The van der Waals surface area contributed by atoms with Gasteiger partial charge in [-0.15, -0.1) is 0 Å². The molecule has 0 aromatic rings. The number of ether oxygens (including phenoxy) is 1. The first-order chi connectivity index (χ1) is 7.95. The minimum absolute atomic E-state index is 0.0227. The van der Waals surface area contributed by atoms with Crippen LogP contribution in [0.4, 0.5) is 0 Å². The molecule has 1 spiro atoms. The van der Waals surface area contributed by atoms with Crippen LogP contribution in [0.5, 0.6) is 0 Å². The fourth-order valence-electron chi connectivity index (χ4n) is 4.03. The normalized spacial score (nSPS) is 42.4. The van der Waals surface area contributed by atoms with Crippen molar-refractivity contribution < 1.29 is 9.84 Å². The Balaban J connectivity index is 2.12. The van der Waals surface area contributed by atoms with E-state index >= 15 is 0 Å². The standard InChI is InChI=1S/C15H28O2/c1-4-12-5-7-15(11-14(2,3)9-12)10-13(16)6-8-17-15/h12-13,16H,4-11H2,1-3H3. The smallest absolute Gasteiger partial charge is 0.0712 e. The summed E-state index contributed by atoms with van der Waals surface area (Å²) in [5.74, 6) is 0.840. The van der Waals surface area contributed by atoms with Gasteiger partial charge in [-0.05, 0) is 43.4 Å². The summed E-state index contributed by atoms with van der Waals surface area (Å²) in [7, 11) is 0. The summed E-state index contributed by atoms with van der Waals surface area (Å²) in [5.41, 5.74) is 0.333. The third kappa shape index (κ3) is 3.23. The van der Waals surface area contributed by atoms with E-state index in [9.17, 15) is 5.11 Å². The minimum atomic E-state index is -0.141. The molecule has 3 unspecified atom stereocenters. The van der Waals surface area contributed by atoms with Gasteiger partial charge in [0.1, 0.15) is 0 Å². The number of hydrogen-bond acceptors (Lipinski definition) is 2. The molecule has 3 atom stereocenters. The van der Waals surface area contributed by atoms with Crippen molar-refractivity contribution in [2.24, 2.45) is 11.3 Å². The van der Waals surface area contributed by atoms with E-state index in [0.717, 1.165) is 38.2 Å². The lowest BCUT2D eigenvalue weighted by Crippen LogP contribution is -2.44. The number of rotatable bonds is 1. The van der Waals surface area contributed by atoms with Crippen molar-refractivity contribution in [1.82, 2.24) is 0 Å². The highest BCUT2D eigenvalue weighted by Crippen LogP contribution is 2.47. The third-order valence-corrected chi connectivity index (χ3v) is 4.69. The Morgan fingerprint density at radius 1 is 1.24 bits per heavy atom. The zero-order chi connectivity index (χ0) is 12.5. The molecule has 1 aliphatic carbocycles. The Hall–Kier alpha value is -0.0800. The predicted octanol–water partition coefficient (Wildman–Crippen LogP) is 3.52. The molecule has 2 nitrogen and oxygen atoms in total. The predicted molar refractivity (Wildman–Crippen MR) is 70.0 cm³/mol. The number of aliphatic hydroxyl groups is 1. The van der Waals surface area contributed by atoms with Crippen LogP contribution in [0.2, 0.25) is 0 Å². The van der Waals surface area contributed by atoms with Crippen molar-refractivity contribution in [2.75, 3.05) is 6.61 Å². The highest BCUT2D eigenvalue weighted by Gasteiger charge is 2.44. The molecule has 0 aromatic carbocycles. The molecule has 1 saturated carbocycles. The third-order valence-electron chi connectivity index (χ3n) is 4.69. The number of hydrogen-bond donors (Lipinski definition) is 1. The molecule has 2 rings (SSSR count). The summed E-state index contributed by atoms with van der Waals surface area (Å²) in [5, 5.41) is 9.93. The second-order valence-corrected chi connectivity index (χ2v) is 7.04. The molecule has 100 valence electrons. The first-order valence-electron chi connectivity index (χ1n) is 7.27. The zero-order valence-electron chi connectivity index (χ0n) is 11.7. The Morgan fingerprint density at radius 2 is 2.00 bits per heavy atom. The average molecular weight is 240 g/mol. The van der Waals surface area contributed by atoms with Gasteiger partial charge in [0, 0.05) is 13.0 Å². The molecule has 2 heteroatoms. The Bertz CT molecular complexity index is 262. The van der Waals surface area contributed by atoms with Crippen LogP contribution < -0.4 is 0 Å². The minimum Gasteiger partial charge on any atom is -0.393 e. The first-order valence-corrected chi connectivity index (χ1v) is 7.27. The maximum atomic E-state index is 9.93. The van der Waals surface area contributed by atoms with E-state index in [4.69, 9.17) is 4.74 Å². The van der Waals surface area contributed by atoms with Crippen LogP contribution in [0.1, 0.15) is 65.7 Å². The van der Waals surface area contributed by atoms with Crippen LogP contribution >= 0.6 is 0 Å². The van der Waals surface area contributed by atoms with Crippen LogP contribution in [0, 0.1) is 11.3 Å². The molecule has 2 aliphatic rings. The molecule has 17 heavy (non-hydrogen) atoms. The molecule has 1 saturated heterocycles. The van der Waals surface area contributed by atoms with E-state index in [1.807, 2.05) is 0 Å². The summed E-state index contributed by atoms with van der Waals surface area (Å²) in [4.78, 5) is 0. The monoisotopic (exact) mass is 240 g/mol. The Morgan fingerprint density at radius 3 is 2.65 bits per heavy atom. The summed E-state index contributed by atoms with van der Waals surface area (Å²) in [6.45, 7) is 7.78. The van der Waals surface area contributed by atoms with Gasteiger partial charge < -0.3 is 9.84 Å². The fourth-order valence-corrected chi connectivity index (χ4v) is 4.03. The van der Waals surface area contributed by atoms with Gasteiger partial charge in [-0.1, -0.05) is 27.2 Å². The SMILES string of the molecule is CCC1CCC2(CC(O)CCO2)CC(C)(C)C1. The molecular weight excluding hydrogens is 212 g/mol. The van der Waals surface area contributed by atoms with E-state index in [-0.39, 0.29) is 11.7 Å². The summed E-state index contributed by atoms with van der Waals surface area (Å²) >= 11 is 0. The summed E-state index contributed by atoms with van der Waals surface area (Å²) in [6, 6.07) is 0. The van der Waals surface area contributed by atoms with Crippen molar-refractivity contribution in [1.29, 1.82) is 0 Å².